The number of hydrogen-bond donors (Lipinski definition) is 1. The molecule has 2 aromatic carbocycles. The van der Waals surface area contributed by atoms with Crippen molar-refractivity contribution < 1.29 is 13.9 Å². The zero-order chi connectivity index (χ0) is 18.0. The van der Waals surface area contributed by atoms with E-state index < -0.39 is 11.7 Å². The van der Waals surface area contributed by atoms with Crippen LogP contribution in [0.25, 0.3) is 11.0 Å². The lowest BCUT2D eigenvalue weighted by Crippen LogP contribution is -2.27. The fourth-order valence-corrected chi connectivity index (χ4v) is 3.08. The maximum absolute atomic E-state index is 13.8. The highest BCUT2D eigenvalue weighted by atomic mass is 79.9. The van der Waals surface area contributed by atoms with Crippen LogP contribution in [0, 0.1) is 5.82 Å². The Hall–Kier alpha value is -2.54. The molecule has 7 heteroatoms. The van der Waals surface area contributed by atoms with Crippen LogP contribution in [0.3, 0.4) is 0 Å². The van der Waals surface area contributed by atoms with Gasteiger partial charge < -0.3 is 10.1 Å². The van der Waals surface area contributed by atoms with Crippen LogP contribution < -0.4 is 10.1 Å². The second-order valence-corrected chi connectivity index (χ2v) is 6.32. The number of hydrogen-bond acceptors (Lipinski definition) is 4. The van der Waals surface area contributed by atoms with Gasteiger partial charge in [0.2, 0.25) is 0 Å². The van der Waals surface area contributed by atoms with Crippen LogP contribution in [0.1, 0.15) is 28.9 Å². The molecule has 0 radical (unpaired) electrons. The molecule has 1 amide bonds. The van der Waals surface area contributed by atoms with Crippen LogP contribution in [-0.4, -0.2) is 23.0 Å². The number of fused-ring (bicyclic) bond motifs is 1. The Bertz CT molecular complexity index is 949. The highest BCUT2D eigenvalue weighted by Gasteiger charge is 2.17. The van der Waals surface area contributed by atoms with Gasteiger partial charge in [0, 0.05) is 18.5 Å². The fraction of sp³-hybridized carbons (Fsp3) is 0.167. The number of nitrogens with one attached hydrogen (secondary N) is 1. The monoisotopic (exact) mass is 403 g/mol. The zero-order valence-electron chi connectivity index (χ0n) is 13.6. The first-order valence-corrected chi connectivity index (χ1v) is 8.33. The second kappa shape index (κ2) is 7.14. The molecular weight excluding hydrogens is 389 g/mol. The molecule has 1 unspecified atom stereocenters. The number of halogens is 2. The normalized spacial score (nSPS) is 12.0. The van der Waals surface area contributed by atoms with Crippen LogP contribution in [0.4, 0.5) is 4.39 Å². The van der Waals surface area contributed by atoms with Gasteiger partial charge in [-0.1, -0.05) is 6.07 Å². The second-order valence-electron chi connectivity index (χ2n) is 5.47. The molecule has 0 aliphatic heterocycles. The van der Waals surface area contributed by atoms with Crippen molar-refractivity contribution in [2.75, 3.05) is 7.11 Å². The van der Waals surface area contributed by atoms with Crippen LogP contribution in [0.2, 0.25) is 0 Å². The summed E-state index contributed by atoms with van der Waals surface area (Å²) in [6.07, 6.45) is 2.93. The highest BCUT2D eigenvalue weighted by Crippen LogP contribution is 2.28. The van der Waals surface area contributed by atoms with Gasteiger partial charge in [0.15, 0.2) is 0 Å². The Morgan fingerprint density at radius 3 is 2.72 bits per heavy atom. The number of nitrogens with zero attached hydrogens (tertiary/aromatic N) is 2. The Labute approximate surface area is 152 Å². The van der Waals surface area contributed by atoms with Crippen molar-refractivity contribution >= 4 is 32.9 Å². The van der Waals surface area contributed by atoms with E-state index in [0.29, 0.717) is 16.8 Å². The molecule has 1 atom stereocenters. The number of ether oxygens (including phenoxy) is 1. The first-order valence-electron chi connectivity index (χ1n) is 7.54. The van der Waals surface area contributed by atoms with E-state index in [1.54, 1.807) is 7.11 Å². The van der Waals surface area contributed by atoms with E-state index in [4.69, 9.17) is 4.74 Å². The van der Waals surface area contributed by atoms with Crippen LogP contribution in [0.15, 0.2) is 47.2 Å². The molecule has 5 nitrogen and oxygen atoms in total. The number of methoxy groups -OCH3 is 1. The number of rotatable bonds is 4. The summed E-state index contributed by atoms with van der Waals surface area (Å²) >= 11 is 3.42. The minimum absolute atomic E-state index is 0.155. The van der Waals surface area contributed by atoms with Crippen molar-refractivity contribution in [2.24, 2.45) is 0 Å². The van der Waals surface area contributed by atoms with E-state index in [0.717, 1.165) is 10.0 Å². The summed E-state index contributed by atoms with van der Waals surface area (Å²) in [5.41, 5.74) is 1.74. The molecule has 3 aromatic rings. The van der Waals surface area contributed by atoms with Crippen LogP contribution >= 0.6 is 15.9 Å². The van der Waals surface area contributed by atoms with Gasteiger partial charge in [-0.05, 0) is 46.6 Å². The van der Waals surface area contributed by atoms with Crippen molar-refractivity contribution in [3.05, 3.63) is 64.1 Å². The summed E-state index contributed by atoms with van der Waals surface area (Å²) in [5.74, 6) is -0.240. The van der Waals surface area contributed by atoms with E-state index in [2.05, 4.69) is 31.2 Å². The minimum atomic E-state index is -0.530. The Balaban J connectivity index is 1.88. The quantitative estimate of drug-likeness (QED) is 0.713. The van der Waals surface area contributed by atoms with Gasteiger partial charge in [-0.15, -0.1) is 0 Å². The molecule has 1 N–H and O–H groups in total. The highest BCUT2D eigenvalue weighted by molar-refractivity contribution is 9.10. The Morgan fingerprint density at radius 1 is 1.24 bits per heavy atom. The standard InChI is InChI=1S/C18H15BrFN3O2/c1-10(11-3-4-16(25-2)14(19)7-11)23-18(24)13-8-12(20)9-15-17(13)22-6-5-21-15/h3-10H,1-2H3,(H,23,24). The molecule has 0 aliphatic rings. The SMILES string of the molecule is COc1ccc(C(C)NC(=O)c2cc(F)cc3nccnc23)cc1Br. The zero-order valence-corrected chi connectivity index (χ0v) is 15.2. The van der Waals surface area contributed by atoms with Gasteiger partial charge in [-0.25, -0.2) is 4.39 Å². The summed E-state index contributed by atoms with van der Waals surface area (Å²) in [4.78, 5) is 20.8. The Morgan fingerprint density at radius 2 is 2.00 bits per heavy atom. The van der Waals surface area contributed by atoms with Crippen molar-refractivity contribution in [3.8, 4) is 5.75 Å². The average molecular weight is 404 g/mol. The first-order chi connectivity index (χ1) is 12.0. The van der Waals surface area contributed by atoms with Crippen molar-refractivity contribution in [3.63, 3.8) is 0 Å². The topological polar surface area (TPSA) is 64.1 Å². The molecule has 0 spiro atoms. The average Bonchev–Trinajstić information content (AvgIpc) is 2.60. The van der Waals surface area contributed by atoms with E-state index in [-0.39, 0.29) is 11.6 Å². The predicted octanol–water partition coefficient (Wildman–Crippen LogP) is 4.03. The van der Waals surface area contributed by atoms with Gasteiger partial charge >= 0.3 is 0 Å². The molecule has 3 rings (SSSR count). The van der Waals surface area contributed by atoms with Crippen molar-refractivity contribution in [1.82, 2.24) is 15.3 Å². The minimum Gasteiger partial charge on any atom is -0.496 e. The van der Waals surface area contributed by atoms with Gasteiger partial charge in [0.25, 0.3) is 5.91 Å². The third-order valence-electron chi connectivity index (χ3n) is 3.81. The smallest absolute Gasteiger partial charge is 0.254 e. The number of amides is 1. The molecule has 0 saturated carbocycles. The van der Waals surface area contributed by atoms with Gasteiger partial charge in [0.05, 0.1) is 28.7 Å². The molecule has 0 bridgehead atoms. The lowest BCUT2D eigenvalue weighted by Gasteiger charge is -2.16. The summed E-state index contributed by atoms with van der Waals surface area (Å²) in [7, 11) is 1.58. The summed E-state index contributed by atoms with van der Waals surface area (Å²) in [6, 6.07) is 7.67. The number of benzene rings is 2. The van der Waals surface area contributed by atoms with Gasteiger partial charge in [0.1, 0.15) is 17.1 Å². The molecule has 128 valence electrons. The van der Waals surface area contributed by atoms with E-state index >= 15 is 0 Å². The predicted molar refractivity (Wildman–Crippen MR) is 96.1 cm³/mol. The molecule has 1 aromatic heterocycles. The first kappa shape index (κ1) is 17.3. The number of carbonyl (C=O) groups is 1. The number of aromatic nitrogens is 2. The molecular formula is C18H15BrFN3O2. The maximum atomic E-state index is 13.8. The molecule has 0 saturated heterocycles. The van der Waals surface area contributed by atoms with E-state index in [1.807, 2.05) is 25.1 Å². The molecule has 1 heterocycles. The third kappa shape index (κ3) is 3.61. The summed E-state index contributed by atoms with van der Waals surface area (Å²) in [5, 5.41) is 2.86. The third-order valence-corrected chi connectivity index (χ3v) is 4.43. The maximum Gasteiger partial charge on any atom is 0.254 e. The summed E-state index contributed by atoms with van der Waals surface area (Å²) in [6.45, 7) is 1.85. The molecule has 0 fully saturated rings. The van der Waals surface area contributed by atoms with Crippen LogP contribution in [-0.2, 0) is 0 Å². The van der Waals surface area contributed by atoms with Gasteiger partial charge in [-0.3, -0.25) is 14.8 Å². The summed E-state index contributed by atoms with van der Waals surface area (Å²) < 4.78 is 19.8. The Kier molecular flexibility index (Phi) is 4.94. The van der Waals surface area contributed by atoms with Crippen LogP contribution in [0.5, 0.6) is 5.75 Å². The lowest BCUT2D eigenvalue weighted by molar-refractivity contribution is 0.0941. The molecule has 0 aliphatic carbocycles. The molecule has 25 heavy (non-hydrogen) atoms. The largest absolute Gasteiger partial charge is 0.496 e. The van der Waals surface area contributed by atoms with Crippen molar-refractivity contribution in [2.45, 2.75) is 13.0 Å². The van der Waals surface area contributed by atoms with Crippen molar-refractivity contribution in [1.29, 1.82) is 0 Å². The number of carbonyl (C=O) groups excluding carboxylic acids is 1. The fourth-order valence-electron chi connectivity index (χ4n) is 2.52. The van der Waals surface area contributed by atoms with Gasteiger partial charge in [-0.2, -0.15) is 0 Å². The lowest BCUT2D eigenvalue weighted by atomic mass is 10.1. The van der Waals surface area contributed by atoms with E-state index in [9.17, 15) is 9.18 Å². The van der Waals surface area contributed by atoms with E-state index in [1.165, 1.54) is 24.5 Å².